The molecule has 1 amide bonds. The number of hydrogen-bond acceptors (Lipinski definition) is 4. The van der Waals surface area contributed by atoms with Crippen LogP contribution < -0.4 is 15.6 Å². The van der Waals surface area contributed by atoms with E-state index >= 15 is 0 Å². The fourth-order valence-electron chi connectivity index (χ4n) is 2.45. The third kappa shape index (κ3) is 3.97. The van der Waals surface area contributed by atoms with Crippen molar-refractivity contribution in [2.45, 2.75) is 12.8 Å². The van der Waals surface area contributed by atoms with E-state index in [2.05, 4.69) is 15.3 Å². The highest BCUT2D eigenvalue weighted by atomic mass is 35.5. The summed E-state index contributed by atoms with van der Waals surface area (Å²) in [7, 11) is 1.52. The molecule has 0 saturated heterocycles. The van der Waals surface area contributed by atoms with Gasteiger partial charge in [0.05, 0.1) is 23.0 Å². The smallest absolute Gasteiger partial charge is 0.258 e. The lowest BCUT2D eigenvalue weighted by Crippen LogP contribution is -2.16. The number of rotatable bonds is 5. The summed E-state index contributed by atoms with van der Waals surface area (Å²) < 4.78 is 5.07. The Morgan fingerprint density at radius 1 is 1.28 bits per heavy atom. The SMILES string of the molecule is COc1ccc(NC(=O)CCc2nc3ccccc3c(=O)[nH]2)cc1Cl. The summed E-state index contributed by atoms with van der Waals surface area (Å²) in [4.78, 5) is 31.2. The Labute approximate surface area is 148 Å². The number of aromatic nitrogens is 2. The monoisotopic (exact) mass is 357 g/mol. The van der Waals surface area contributed by atoms with E-state index in [-0.39, 0.29) is 17.9 Å². The van der Waals surface area contributed by atoms with Gasteiger partial charge in [-0.25, -0.2) is 4.98 Å². The van der Waals surface area contributed by atoms with E-state index in [0.29, 0.717) is 39.6 Å². The van der Waals surface area contributed by atoms with E-state index in [1.807, 2.05) is 6.07 Å². The number of ether oxygens (including phenoxy) is 1. The molecule has 0 aliphatic rings. The number of carbonyl (C=O) groups is 1. The van der Waals surface area contributed by atoms with Crippen molar-refractivity contribution in [1.29, 1.82) is 0 Å². The van der Waals surface area contributed by atoms with Gasteiger partial charge in [0, 0.05) is 18.5 Å². The van der Waals surface area contributed by atoms with Crippen molar-refractivity contribution in [3.8, 4) is 5.75 Å². The van der Waals surface area contributed by atoms with Gasteiger partial charge in [-0.2, -0.15) is 0 Å². The van der Waals surface area contributed by atoms with Gasteiger partial charge in [0.2, 0.25) is 5.91 Å². The molecule has 0 saturated carbocycles. The number of halogens is 1. The Morgan fingerprint density at radius 2 is 2.08 bits per heavy atom. The number of para-hydroxylation sites is 1. The number of nitrogens with zero attached hydrogens (tertiary/aromatic N) is 1. The maximum atomic E-state index is 12.1. The molecule has 0 radical (unpaired) electrons. The largest absolute Gasteiger partial charge is 0.495 e. The van der Waals surface area contributed by atoms with Crippen molar-refractivity contribution < 1.29 is 9.53 Å². The molecule has 128 valence electrons. The number of aromatic amines is 1. The van der Waals surface area contributed by atoms with E-state index in [1.165, 1.54) is 7.11 Å². The molecular formula is C18H16ClN3O3. The molecule has 25 heavy (non-hydrogen) atoms. The fraction of sp³-hybridized carbons (Fsp3) is 0.167. The second kappa shape index (κ2) is 7.36. The summed E-state index contributed by atoms with van der Waals surface area (Å²) in [5.74, 6) is 0.821. The molecule has 3 aromatic rings. The summed E-state index contributed by atoms with van der Waals surface area (Å²) in [6.45, 7) is 0. The van der Waals surface area contributed by atoms with E-state index in [4.69, 9.17) is 16.3 Å². The average molecular weight is 358 g/mol. The van der Waals surface area contributed by atoms with Gasteiger partial charge < -0.3 is 15.0 Å². The molecule has 0 spiro atoms. The number of benzene rings is 2. The summed E-state index contributed by atoms with van der Waals surface area (Å²) in [5, 5.41) is 3.71. The number of H-pyrrole nitrogens is 1. The van der Waals surface area contributed by atoms with Gasteiger partial charge >= 0.3 is 0 Å². The number of hydrogen-bond donors (Lipinski definition) is 2. The van der Waals surface area contributed by atoms with Gasteiger partial charge in [0.1, 0.15) is 11.6 Å². The third-order valence-corrected chi connectivity index (χ3v) is 3.98. The minimum Gasteiger partial charge on any atom is -0.495 e. The van der Waals surface area contributed by atoms with Crippen LogP contribution in [-0.2, 0) is 11.2 Å². The number of aryl methyl sites for hydroxylation is 1. The minimum atomic E-state index is -0.206. The summed E-state index contributed by atoms with van der Waals surface area (Å²) in [6, 6.07) is 12.1. The third-order valence-electron chi connectivity index (χ3n) is 3.69. The number of anilines is 1. The van der Waals surface area contributed by atoms with Crippen molar-refractivity contribution in [2.75, 3.05) is 12.4 Å². The molecule has 0 bridgehead atoms. The Kier molecular flexibility index (Phi) is 5.00. The molecule has 7 heteroatoms. The second-order valence-corrected chi connectivity index (χ2v) is 5.83. The molecule has 6 nitrogen and oxygen atoms in total. The predicted octanol–water partition coefficient (Wildman–Crippen LogP) is 3.16. The lowest BCUT2D eigenvalue weighted by Gasteiger charge is -2.08. The van der Waals surface area contributed by atoms with Crippen LogP contribution >= 0.6 is 11.6 Å². The highest BCUT2D eigenvalue weighted by Gasteiger charge is 2.08. The van der Waals surface area contributed by atoms with E-state index < -0.39 is 0 Å². The summed E-state index contributed by atoms with van der Waals surface area (Å²) >= 11 is 6.03. The molecule has 0 unspecified atom stereocenters. The summed E-state index contributed by atoms with van der Waals surface area (Å²) in [6.07, 6.45) is 0.515. The predicted molar refractivity (Wildman–Crippen MR) is 97.3 cm³/mol. The zero-order chi connectivity index (χ0) is 17.8. The first-order valence-corrected chi connectivity index (χ1v) is 8.06. The summed E-state index contributed by atoms with van der Waals surface area (Å²) in [5.41, 5.74) is 0.988. The van der Waals surface area contributed by atoms with E-state index in [1.54, 1.807) is 36.4 Å². The van der Waals surface area contributed by atoms with Crippen LogP contribution in [0.15, 0.2) is 47.3 Å². The molecule has 1 heterocycles. The molecule has 2 aromatic carbocycles. The quantitative estimate of drug-likeness (QED) is 0.734. The lowest BCUT2D eigenvalue weighted by atomic mass is 10.2. The van der Waals surface area contributed by atoms with Crippen LogP contribution in [0.3, 0.4) is 0 Å². The van der Waals surface area contributed by atoms with Crippen LogP contribution in [0.25, 0.3) is 10.9 Å². The molecule has 0 aliphatic heterocycles. The number of carbonyl (C=O) groups excluding carboxylic acids is 1. The standard InChI is InChI=1S/C18H16ClN3O3/c1-25-15-7-6-11(10-13(15)19)20-17(23)9-8-16-21-14-5-3-2-4-12(14)18(24)22-16/h2-7,10H,8-9H2,1H3,(H,20,23)(H,21,22,24). The van der Waals surface area contributed by atoms with Gasteiger partial charge in [0.15, 0.2) is 0 Å². The topological polar surface area (TPSA) is 84.1 Å². The Bertz CT molecular complexity index is 985. The van der Waals surface area contributed by atoms with Crippen molar-refractivity contribution in [3.63, 3.8) is 0 Å². The van der Waals surface area contributed by atoms with E-state index in [0.717, 1.165) is 0 Å². The maximum Gasteiger partial charge on any atom is 0.258 e. The maximum absolute atomic E-state index is 12.1. The molecule has 0 fully saturated rings. The second-order valence-electron chi connectivity index (χ2n) is 5.43. The van der Waals surface area contributed by atoms with Crippen LogP contribution in [0.2, 0.25) is 5.02 Å². The number of nitrogens with one attached hydrogen (secondary N) is 2. The molecule has 2 N–H and O–H groups in total. The molecule has 3 rings (SSSR count). The Balaban J connectivity index is 1.66. The van der Waals surface area contributed by atoms with Crippen LogP contribution in [0, 0.1) is 0 Å². The minimum absolute atomic E-state index is 0.185. The average Bonchev–Trinajstić information content (AvgIpc) is 2.60. The van der Waals surface area contributed by atoms with Crippen molar-refractivity contribution in [2.24, 2.45) is 0 Å². The van der Waals surface area contributed by atoms with Crippen LogP contribution in [0.4, 0.5) is 5.69 Å². The lowest BCUT2D eigenvalue weighted by molar-refractivity contribution is -0.116. The molecule has 1 aromatic heterocycles. The van der Waals surface area contributed by atoms with Crippen molar-refractivity contribution in [3.05, 3.63) is 63.7 Å². The van der Waals surface area contributed by atoms with Crippen LogP contribution in [0.5, 0.6) is 5.75 Å². The van der Waals surface area contributed by atoms with Crippen LogP contribution in [-0.4, -0.2) is 23.0 Å². The molecule has 0 aliphatic carbocycles. The number of amides is 1. The normalized spacial score (nSPS) is 10.6. The number of fused-ring (bicyclic) bond motifs is 1. The van der Waals surface area contributed by atoms with Gasteiger partial charge in [0.25, 0.3) is 5.56 Å². The Hall–Kier alpha value is -2.86. The van der Waals surface area contributed by atoms with Gasteiger partial charge in [-0.3, -0.25) is 9.59 Å². The van der Waals surface area contributed by atoms with Crippen molar-refractivity contribution in [1.82, 2.24) is 9.97 Å². The molecular weight excluding hydrogens is 342 g/mol. The van der Waals surface area contributed by atoms with Gasteiger partial charge in [-0.15, -0.1) is 0 Å². The van der Waals surface area contributed by atoms with E-state index in [9.17, 15) is 9.59 Å². The van der Waals surface area contributed by atoms with Gasteiger partial charge in [-0.05, 0) is 30.3 Å². The highest BCUT2D eigenvalue weighted by molar-refractivity contribution is 6.32. The van der Waals surface area contributed by atoms with Crippen LogP contribution in [0.1, 0.15) is 12.2 Å². The van der Waals surface area contributed by atoms with Crippen molar-refractivity contribution >= 4 is 34.1 Å². The first-order chi connectivity index (χ1) is 12.1. The fourth-order valence-corrected chi connectivity index (χ4v) is 2.71. The zero-order valence-electron chi connectivity index (χ0n) is 13.5. The first kappa shape index (κ1) is 17.0. The highest BCUT2D eigenvalue weighted by Crippen LogP contribution is 2.27. The zero-order valence-corrected chi connectivity index (χ0v) is 14.3. The Morgan fingerprint density at radius 3 is 2.84 bits per heavy atom. The molecule has 0 atom stereocenters. The van der Waals surface area contributed by atoms with Gasteiger partial charge in [-0.1, -0.05) is 23.7 Å². The number of methoxy groups -OCH3 is 1. The first-order valence-electron chi connectivity index (χ1n) is 7.68.